The predicted octanol–water partition coefficient (Wildman–Crippen LogP) is 1.78. The maximum absolute atomic E-state index is 11.9. The average Bonchev–Trinajstić information content (AvgIpc) is 2.38. The molecule has 0 aliphatic carbocycles. The van der Waals surface area contributed by atoms with Gasteiger partial charge in [-0.15, -0.1) is 0 Å². The molecule has 2 aliphatic heterocycles. The van der Waals surface area contributed by atoms with Gasteiger partial charge in [-0.1, -0.05) is 13.8 Å². The SMILES string of the molecule is CCS(=O)(=O)N1CCC(N2CC(C)CC(C)C2)CC1. The van der Waals surface area contributed by atoms with Crippen LogP contribution in [-0.2, 0) is 10.0 Å². The van der Waals surface area contributed by atoms with Crippen LogP contribution in [0.3, 0.4) is 0 Å². The van der Waals surface area contributed by atoms with Crippen molar-refractivity contribution in [3.8, 4) is 0 Å². The molecule has 0 amide bonds. The molecule has 0 spiro atoms. The van der Waals surface area contributed by atoms with E-state index in [1.54, 1.807) is 11.2 Å². The number of hydrogen-bond acceptors (Lipinski definition) is 3. The summed E-state index contributed by atoms with van der Waals surface area (Å²) in [7, 11) is -2.98. The maximum atomic E-state index is 11.9. The summed E-state index contributed by atoms with van der Waals surface area (Å²) in [6.45, 7) is 10.2. The molecule has 2 aliphatic rings. The van der Waals surface area contributed by atoms with E-state index in [4.69, 9.17) is 0 Å². The monoisotopic (exact) mass is 288 g/mol. The molecule has 0 radical (unpaired) electrons. The zero-order chi connectivity index (χ0) is 14.0. The highest BCUT2D eigenvalue weighted by Crippen LogP contribution is 2.27. The first-order chi connectivity index (χ1) is 8.92. The minimum Gasteiger partial charge on any atom is -0.300 e. The molecule has 19 heavy (non-hydrogen) atoms. The molecule has 2 rings (SSSR count). The molecule has 5 heteroatoms. The topological polar surface area (TPSA) is 40.6 Å². The Morgan fingerprint density at radius 3 is 2.05 bits per heavy atom. The number of nitrogens with zero attached hydrogens (tertiary/aromatic N) is 2. The zero-order valence-corrected chi connectivity index (χ0v) is 13.3. The third kappa shape index (κ3) is 3.70. The minimum absolute atomic E-state index is 0.232. The Balaban J connectivity index is 1.89. The third-order valence-corrected chi connectivity index (χ3v) is 6.48. The van der Waals surface area contributed by atoms with E-state index in [0.29, 0.717) is 19.1 Å². The number of sulfonamides is 1. The number of hydrogen-bond donors (Lipinski definition) is 0. The molecule has 2 atom stereocenters. The molecular formula is C14H28N2O2S. The fraction of sp³-hybridized carbons (Fsp3) is 1.00. The van der Waals surface area contributed by atoms with Crippen LogP contribution in [0.4, 0.5) is 0 Å². The molecule has 0 aromatic carbocycles. The standard InChI is InChI=1S/C14H28N2O2S/c1-4-19(17,18)16-7-5-14(6-8-16)15-10-12(2)9-13(3)11-15/h12-14H,4-11H2,1-3H3. The Labute approximate surface area is 118 Å². The highest BCUT2D eigenvalue weighted by atomic mass is 32.2. The lowest BCUT2D eigenvalue weighted by Crippen LogP contribution is -2.51. The summed E-state index contributed by atoms with van der Waals surface area (Å²) in [6, 6.07) is 0.591. The molecule has 0 saturated carbocycles. The van der Waals surface area contributed by atoms with Crippen LogP contribution in [0.1, 0.15) is 40.0 Å². The summed E-state index contributed by atoms with van der Waals surface area (Å²) in [5.74, 6) is 1.79. The molecular weight excluding hydrogens is 260 g/mol. The van der Waals surface area contributed by atoms with Gasteiger partial charge < -0.3 is 0 Å². The third-order valence-electron chi connectivity index (χ3n) is 4.60. The lowest BCUT2D eigenvalue weighted by Gasteiger charge is -2.43. The number of rotatable bonds is 3. The van der Waals surface area contributed by atoms with Crippen LogP contribution in [-0.4, -0.2) is 55.6 Å². The highest BCUT2D eigenvalue weighted by molar-refractivity contribution is 7.89. The highest BCUT2D eigenvalue weighted by Gasteiger charge is 2.32. The van der Waals surface area contributed by atoms with Crippen molar-refractivity contribution in [1.29, 1.82) is 0 Å². The first kappa shape index (κ1) is 15.3. The molecule has 2 heterocycles. The van der Waals surface area contributed by atoms with E-state index < -0.39 is 10.0 Å². The normalized spacial score (nSPS) is 32.6. The Hall–Kier alpha value is -0.130. The molecule has 0 bridgehead atoms. The van der Waals surface area contributed by atoms with Crippen molar-refractivity contribution < 1.29 is 8.42 Å². The van der Waals surface area contributed by atoms with Crippen molar-refractivity contribution in [2.45, 2.75) is 46.1 Å². The molecule has 0 N–H and O–H groups in total. The summed E-state index contributed by atoms with van der Waals surface area (Å²) in [5, 5.41) is 0. The van der Waals surface area contributed by atoms with Crippen molar-refractivity contribution >= 4 is 10.0 Å². The largest absolute Gasteiger partial charge is 0.300 e. The van der Waals surface area contributed by atoms with Gasteiger partial charge in [0.25, 0.3) is 0 Å². The van der Waals surface area contributed by atoms with Gasteiger partial charge in [-0.3, -0.25) is 4.90 Å². The fourth-order valence-corrected chi connectivity index (χ4v) is 4.81. The Kier molecular flexibility index (Phi) is 4.90. The van der Waals surface area contributed by atoms with Crippen LogP contribution in [0.25, 0.3) is 0 Å². The Morgan fingerprint density at radius 1 is 1.05 bits per heavy atom. The summed E-state index contributed by atoms with van der Waals surface area (Å²) in [4.78, 5) is 2.61. The van der Waals surface area contributed by atoms with E-state index in [1.165, 1.54) is 19.5 Å². The van der Waals surface area contributed by atoms with Crippen molar-refractivity contribution in [1.82, 2.24) is 9.21 Å². The smallest absolute Gasteiger partial charge is 0.213 e. The molecule has 4 nitrogen and oxygen atoms in total. The van der Waals surface area contributed by atoms with Gasteiger partial charge in [0, 0.05) is 32.2 Å². The summed E-state index contributed by atoms with van der Waals surface area (Å²) < 4.78 is 25.4. The fourth-order valence-electron chi connectivity index (χ4n) is 3.68. The molecule has 112 valence electrons. The van der Waals surface area contributed by atoms with Gasteiger partial charge in [-0.25, -0.2) is 12.7 Å². The van der Waals surface area contributed by atoms with Crippen LogP contribution in [0.5, 0.6) is 0 Å². The number of likely N-dealkylation sites (tertiary alicyclic amines) is 1. The van der Waals surface area contributed by atoms with Gasteiger partial charge >= 0.3 is 0 Å². The summed E-state index contributed by atoms with van der Waals surface area (Å²) >= 11 is 0. The Bertz CT molecular complexity index is 378. The Morgan fingerprint density at radius 2 is 1.58 bits per heavy atom. The van der Waals surface area contributed by atoms with E-state index in [2.05, 4.69) is 18.7 Å². The van der Waals surface area contributed by atoms with Crippen LogP contribution < -0.4 is 0 Å². The van der Waals surface area contributed by atoms with Gasteiger partial charge in [0.15, 0.2) is 0 Å². The van der Waals surface area contributed by atoms with E-state index in [1.807, 2.05) is 0 Å². The quantitative estimate of drug-likeness (QED) is 0.795. The maximum Gasteiger partial charge on any atom is 0.213 e. The van der Waals surface area contributed by atoms with E-state index >= 15 is 0 Å². The van der Waals surface area contributed by atoms with Crippen LogP contribution in [0.15, 0.2) is 0 Å². The zero-order valence-electron chi connectivity index (χ0n) is 12.5. The van der Waals surface area contributed by atoms with E-state index in [0.717, 1.165) is 24.7 Å². The van der Waals surface area contributed by atoms with Crippen molar-refractivity contribution in [2.24, 2.45) is 11.8 Å². The lowest BCUT2D eigenvalue weighted by atomic mass is 9.89. The second kappa shape index (κ2) is 6.10. The van der Waals surface area contributed by atoms with E-state index in [-0.39, 0.29) is 5.75 Å². The molecule has 2 unspecified atom stereocenters. The molecule has 2 fully saturated rings. The first-order valence-electron chi connectivity index (χ1n) is 7.64. The average molecular weight is 288 g/mol. The van der Waals surface area contributed by atoms with Gasteiger partial charge in [0.05, 0.1) is 5.75 Å². The summed E-state index contributed by atoms with van der Waals surface area (Å²) in [6.07, 6.45) is 3.33. The molecule has 2 saturated heterocycles. The van der Waals surface area contributed by atoms with Gasteiger partial charge in [0.1, 0.15) is 0 Å². The lowest BCUT2D eigenvalue weighted by molar-refractivity contribution is 0.0689. The van der Waals surface area contributed by atoms with E-state index in [9.17, 15) is 8.42 Å². The summed E-state index contributed by atoms with van der Waals surface area (Å²) in [5.41, 5.74) is 0. The van der Waals surface area contributed by atoms with Crippen LogP contribution >= 0.6 is 0 Å². The second-order valence-corrected chi connectivity index (χ2v) is 8.69. The molecule has 0 aromatic heterocycles. The first-order valence-corrected chi connectivity index (χ1v) is 9.25. The van der Waals surface area contributed by atoms with Crippen molar-refractivity contribution in [2.75, 3.05) is 31.9 Å². The minimum atomic E-state index is -2.98. The van der Waals surface area contributed by atoms with Crippen LogP contribution in [0.2, 0.25) is 0 Å². The van der Waals surface area contributed by atoms with Gasteiger partial charge in [0.2, 0.25) is 10.0 Å². The number of piperidine rings is 2. The second-order valence-electron chi connectivity index (χ2n) is 6.43. The van der Waals surface area contributed by atoms with Crippen molar-refractivity contribution in [3.63, 3.8) is 0 Å². The van der Waals surface area contributed by atoms with Crippen LogP contribution in [0, 0.1) is 11.8 Å². The van der Waals surface area contributed by atoms with Crippen molar-refractivity contribution in [3.05, 3.63) is 0 Å². The predicted molar refractivity (Wildman–Crippen MR) is 78.6 cm³/mol. The van der Waals surface area contributed by atoms with Gasteiger partial charge in [-0.2, -0.15) is 0 Å². The molecule has 0 aromatic rings. The van der Waals surface area contributed by atoms with Gasteiger partial charge in [-0.05, 0) is 38.0 Å².